The molecule has 1 heterocycles. The van der Waals surface area contributed by atoms with Crippen molar-refractivity contribution in [2.24, 2.45) is 5.73 Å². The molecule has 0 aliphatic carbocycles. The van der Waals surface area contributed by atoms with Crippen LogP contribution in [0.2, 0.25) is 0 Å². The number of carbonyl (C=O) groups excluding carboxylic acids is 3. The van der Waals surface area contributed by atoms with Gasteiger partial charge in [-0.15, -0.1) is 0 Å². The number of unbranched alkanes of at least 4 members (excludes halogenated alkanes) is 1. The standard InChI is InChI=1S/C23H45N5O5/c1-22(2,3)32-20(30)27-14-12-25-11-13-26(19(29)9-7-8-10-24)15-16-28(18-17-27)21(31)33-23(4,5)6/h25H,7-18,24H2,1-6H3. The zero-order chi connectivity index (χ0) is 25.1. The number of nitrogens with two attached hydrogens (primary N) is 1. The third kappa shape index (κ3) is 12.7. The van der Waals surface area contributed by atoms with Gasteiger partial charge in [-0.3, -0.25) is 4.79 Å². The van der Waals surface area contributed by atoms with E-state index in [-0.39, 0.29) is 12.5 Å². The Balaban J connectivity index is 2.94. The molecule has 33 heavy (non-hydrogen) atoms. The first kappa shape index (κ1) is 29.0. The lowest BCUT2D eigenvalue weighted by molar-refractivity contribution is -0.131. The van der Waals surface area contributed by atoms with Crippen LogP contribution in [0.15, 0.2) is 0 Å². The van der Waals surface area contributed by atoms with Gasteiger partial charge in [-0.05, 0) is 60.9 Å². The van der Waals surface area contributed by atoms with Crippen LogP contribution in [0.25, 0.3) is 0 Å². The minimum absolute atomic E-state index is 0.0572. The number of rotatable bonds is 4. The summed E-state index contributed by atoms with van der Waals surface area (Å²) in [5, 5.41) is 3.30. The number of hydrogen-bond acceptors (Lipinski definition) is 7. The van der Waals surface area contributed by atoms with E-state index in [0.717, 1.165) is 12.8 Å². The lowest BCUT2D eigenvalue weighted by Crippen LogP contribution is -2.50. The molecule has 0 aromatic rings. The Morgan fingerprint density at radius 2 is 1.15 bits per heavy atom. The predicted octanol–water partition coefficient (Wildman–Crippen LogP) is 2.02. The summed E-state index contributed by atoms with van der Waals surface area (Å²) in [5.74, 6) is 0.0572. The van der Waals surface area contributed by atoms with E-state index in [1.54, 1.807) is 14.7 Å². The lowest BCUT2D eigenvalue weighted by atomic mass is 10.2. The molecular weight excluding hydrogens is 426 g/mol. The van der Waals surface area contributed by atoms with Crippen molar-refractivity contribution in [3.63, 3.8) is 0 Å². The summed E-state index contributed by atoms with van der Waals surface area (Å²) in [5.41, 5.74) is 4.29. The third-order valence-electron chi connectivity index (χ3n) is 4.90. The Kier molecular flexibility index (Phi) is 11.9. The van der Waals surface area contributed by atoms with E-state index in [1.165, 1.54) is 0 Å². The highest BCUT2D eigenvalue weighted by molar-refractivity contribution is 5.76. The molecule has 192 valence electrons. The number of nitrogens with zero attached hydrogens (tertiary/aromatic N) is 3. The van der Waals surface area contributed by atoms with Gasteiger partial charge < -0.3 is 35.2 Å². The number of nitrogens with one attached hydrogen (secondary N) is 1. The Morgan fingerprint density at radius 3 is 1.61 bits per heavy atom. The monoisotopic (exact) mass is 471 g/mol. The van der Waals surface area contributed by atoms with E-state index < -0.39 is 23.4 Å². The fourth-order valence-electron chi connectivity index (χ4n) is 3.22. The molecule has 1 aliphatic rings. The van der Waals surface area contributed by atoms with Crippen LogP contribution in [0.5, 0.6) is 0 Å². The molecule has 10 heteroatoms. The second kappa shape index (κ2) is 13.6. The minimum atomic E-state index is -0.646. The highest BCUT2D eigenvalue weighted by Gasteiger charge is 2.27. The summed E-state index contributed by atoms with van der Waals surface area (Å²) in [6, 6.07) is 0. The summed E-state index contributed by atoms with van der Waals surface area (Å²) in [6.07, 6.45) is 1.12. The average molecular weight is 472 g/mol. The molecule has 0 radical (unpaired) electrons. The zero-order valence-corrected chi connectivity index (χ0v) is 21.4. The Hall–Kier alpha value is -2.07. The van der Waals surface area contributed by atoms with Crippen molar-refractivity contribution in [1.29, 1.82) is 0 Å². The normalized spacial score (nSPS) is 17.1. The maximum absolute atomic E-state index is 12.9. The van der Waals surface area contributed by atoms with Crippen molar-refractivity contribution in [2.75, 3.05) is 58.9 Å². The van der Waals surface area contributed by atoms with E-state index in [1.807, 2.05) is 41.5 Å². The Morgan fingerprint density at radius 1 is 0.727 bits per heavy atom. The summed E-state index contributed by atoms with van der Waals surface area (Å²) < 4.78 is 11.1. The van der Waals surface area contributed by atoms with Gasteiger partial charge in [-0.1, -0.05) is 0 Å². The maximum Gasteiger partial charge on any atom is 0.410 e. The second-order valence-electron chi connectivity index (χ2n) is 10.3. The quantitative estimate of drug-likeness (QED) is 0.602. The molecule has 0 unspecified atom stereocenters. The van der Waals surface area contributed by atoms with Crippen molar-refractivity contribution in [3.8, 4) is 0 Å². The third-order valence-corrected chi connectivity index (χ3v) is 4.90. The number of ether oxygens (including phenoxy) is 2. The molecule has 0 bridgehead atoms. The average Bonchev–Trinajstić information content (AvgIpc) is 2.65. The van der Waals surface area contributed by atoms with Crippen LogP contribution in [-0.2, 0) is 14.3 Å². The fraction of sp³-hybridized carbons (Fsp3) is 0.870. The summed E-state index contributed by atoms with van der Waals surface area (Å²) in [6.45, 7) is 14.9. The number of hydrogen-bond donors (Lipinski definition) is 2. The van der Waals surface area contributed by atoms with E-state index in [9.17, 15) is 14.4 Å². The molecule has 0 spiro atoms. The van der Waals surface area contributed by atoms with Gasteiger partial charge in [-0.25, -0.2) is 9.59 Å². The van der Waals surface area contributed by atoms with Gasteiger partial charge in [0.1, 0.15) is 11.2 Å². The minimum Gasteiger partial charge on any atom is -0.444 e. The predicted molar refractivity (Wildman–Crippen MR) is 128 cm³/mol. The van der Waals surface area contributed by atoms with Crippen LogP contribution < -0.4 is 11.1 Å². The highest BCUT2D eigenvalue weighted by Crippen LogP contribution is 2.13. The molecule has 10 nitrogen and oxygen atoms in total. The van der Waals surface area contributed by atoms with Gasteiger partial charge >= 0.3 is 12.2 Å². The van der Waals surface area contributed by atoms with Gasteiger partial charge in [0.25, 0.3) is 0 Å². The van der Waals surface area contributed by atoms with Crippen LogP contribution in [-0.4, -0.2) is 103 Å². The molecule has 3 N–H and O–H groups in total. The molecule has 3 amide bonds. The first-order valence-corrected chi connectivity index (χ1v) is 12.0. The first-order chi connectivity index (χ1) is 15.3. The topological polar surface area (TPSA) is 117 Å². The van der Waals surface area contributed by atoms with Crippen LogP contribution >= 0.6 is 0 Å². The molecule has 1 rings (SSSR count). The van der Waals surface area contributed by atoms with Gasteiger partial charge in [-0.2, -0.15) is 0 Å². The van der Waals surface area contributed by atoms with Gasteiger partial charge in [0.05, 0.1) is 0 Å². The molecule has 0 atom stereocenters. The summed E-state index contributed by atoms with van der Waals surface area (Å²) in [7, 11) is 0. The van der Waals surface area contributed by atoms with Crippen LogP contribution in [0, 0.1) is 0 Å². The highest BCUT2D eigenvalue weighted by atomic mass is 16.6. The fourth-order valence-corrected chi connectivity index (χ4v) is 3.22. The number of amides is 3. The zero-order valence-electron chi connectivity index (χ0n) is 21.4. The molecule has 1 saturated heterocycles. The first-order valence-electron chi connectivity index (χ1n) is 12.0. The summed E-state index contributed by atoms with van der Waals surface area (Å²) >= 11 is 0. The SMILES string of the molecule is CC(C)(C)OC(=O)N1CCNCCN(C(=O)CCCCN)CCN(C(=O)OC(C)(C)C)CC1. The van der Waals surface area contributed by atoms with Gasteiger partial charge in [0.15, 0.2) is 0 Å². The number of carbonyl (C=O) groups is 3. The van der Waals surface area contributed by atoms with Crippen molar-refractivity contribution < 1.29 is 23.9 Å². The maximum atomic E-state index is 12.9. The van der Waals surface area contributed by atoms with Crippen LogP contribution in [0.1, 0.15) is 60.8 Å². The second-order valence-corrected chi connectivity index (χ2v) is 10.3. The molecule has 1 fully saturated rings. The molecule has 0 aromatic heterocycles. The van der Waals surface area contributed by atoms with Crippen LogP contribution in [0.4, 0.5) is 9.59 Å². The lowest BCUT2D eigenvalue weighted by Gasteiger charge is -2.33. The van der Waals surface area contributed by atoms with Gasteiger partial charge in [0.2, 0.25) is 5.91 Å². The molecular formula is C23H45N5O5. The van der Waals surface area contributed by atoms with E-state index >= 15 is 0 Å². The van der Waals surface area contributed by atoms with E-state index in [4.69, 9.17) is 15.2 Å². The molecule has 0 aromatic carbocycles. The van der Waals surface area contributed by atoms with E-state index in [0.29, 0.717) is 58.8 Å². The molecule has 1 aliphatic heterocycles. The molecule has 0 saturated carbocycles. The Bertz CT molecular complexity index is 630. The van der Waals surface area contributed by atoms with Crippen LogP contribution in [0.3, 0.4) is 0 Å². The van der Waals surface area contributed by atoms with Crippen molar-refractivity contribution in [2.45, 2.75) is 72.0 Å². The Labute approximate surface area is 199 Å². The van der Waals surface area contributed by atoms with Gasteiger partial charge in [0, 0.05) is 58.8 Å². The van der Waals surface area contributed by atoms with Crippen molar-refractivity contribution in [3.05, 3.63) is 0 Å². The van der Waals surface area contributed by atoms with Crippen molar-refractivity contribution in [1.82, 2.24) is 20.0 Å². The summed E-state index contributed by atoms with van der Waals surface area (Å²) in [4.78, 5) is 43.2. The smallest absolute Gasteiger partial charge is 0.410 e. The largest absolute Gasteiger partial charge is 0.444 e. The van der Waals surface area contributed by atoms with Crippen molar-refractivity contribution >= 4 is 18.1 Å². The van der Waals surface area contributed by atoms with E-state index in [2.05, 4.69) is 5.32 Å².